The maximum atomic E-state index is 12.6. The van der Waals surface area contributed by atoms with Crippen LogP contribution in [0.2, 0.25) is 0 Å². The minimum atomic E-state index is -0.613. The third-order valence-corrected chi connectivity index (χ3v) is 4.02. The van der Waals surface area contributed by atoms with E-state index >= 15 is 0 Å². The maximum Gasteiger partial charge on any atom is 0.268 e. The molecule has 2 aromatic rings. The van der Waals surface area contributed by atoms with E-state index in [1.807, 2.05) is 25.1 Å². The van der Waals surface area contributed by atoms with Crippen molar-refractivity contribution in [2.24, 2.45) is 0 Å². The Morgan fingerprint density at radius 3 is 2.79 bits per heavy atom. The lowest BCUT2D eigenvalue weighted by atomic mass is 10.1. The van der Waals surface area contributed by atoms with Crippen LogP contribution in [-0.4, -0.2) is 31.4 Å². The van der Waals surface area contributed by atoms with Gasteiger partial charge >= 0.3 is 0 Å². The molecule has 2 aromatic carbocycles. The van der Waals surface area contributed by atoms with Gasteiger partial charge in [0.1, 0.15) is 11.5 Å². The third kappa shape index (κ3) is 2.97. The number of anilines is 1. The molecule has 0 unspecified atom stereocenters. The van der Waals surface area contributed by atoms with Crippen molar-refractivity contribution in [1.82, 2.24) is 0 Å². The minimum absolute atomic E-state index is 0.0316. The average Bonchev–Trinajstić information content (AvgIpc) is 2.59. The SMILES string of the molecule is COc1cccc(C(=O)CN2C(=O)[C@H](C)Oc3ccc(C)cc32)c1. The van der Waals surface area contributed by atoms with Crippen molar-refractivity contribution < 1.29 is 19.1 Å². The van der Waals surface area contributed by atoms with E-state index in [1.165, 1.54) is 4.90 Å². The molecule has 1 amide bonds. The smallest absolute Gasteiger partial charge is 0.268 e. The number of hydrogen-bond acceptors (Lipinski definition) is 4. The van der Waals surface area contributed by atoms with E-state index in [0.717, 1.165) is 5.56 Å². The molecule has 0 spiro atoms. The summed E-state index contributed by atoms with van der Waals surface area (Å²) in [5.74, 6) is 0.859. The quantitative estimate of drug-likeness (QED) is 0.811. The summed E-state index contributed by atoms with van der Waals surface area (Å²) in [4.78, 5) is 26.6. The summed E-state index contributed by atoms with van der Waals surface area (Å²) < 4.78 is 10.8. The molecule has 0 fully saturated rings. The van der Waals surface area contributed by atoms with Crippen molar-refractivity contribution >= 4 is 17.4 Å². The third-order valence-electron chi connectivity index (χ3n) is 4.02. The van der Waals surface area contributed by atoms with Gasteiger partial charge in [-0.15, -0.1) is 0 Å². The van der Waals surface area contributed by atoms with E-state index in [9.17, 15) is 9.59 Å². The van der Waals surface area contributed by atoms with Gasteiger partial charge in [-0.2, -0.15) is 0 Å². The number of benzene rings is 2. The van der Waals surface area contributed by atoms with Crippen LogP contribution in [0, 0.1) is 6.92 Å². The topological polar surface area (TPSA) is 55.8 Å². The number of nitrogens with zero attached hydrogens (tertiary/aromatic N) is 1. The number of rotatable bonds is 4. The van der Waals surface area contributed by atoms with Gasteiger partial charge in [-0.25, -0.2) is 0 Å². The Hall–Kier alpha value is -2.82. The predicted octanol–water partition coefficient (Wildman–Crippen LogP) is 3.00. The number of aryl methyl sites for hydroxylation is 1. The van der Waals surface area contributed by atoms with Crippen LogP contribution in [0.25, 0.3) is 0 Å². The van der Waals surface area contributed by atoms with Crippen LogP contribution >= 0.6 is 0 Å². The van der Waals surface area contributed by atoms with Crippen LogP contribution in [0.15, 0.2) is 42.5 Å². The first-order valence-corrected chi connectivity index (χ1v) is 7.75. The first kappa shape index (κ1) is 16.1. The Labute approximate surface area is 140 Å². The number of carbonyl (C=O) groups excluding carboxylic acids is 2. The van der Waals surface area contributed by atoms with Crippen LogP contribution < -0.4 is 14.4 Å². The molecule has 0 saturated heterocycles. The molecule has 5 heteroatoms. The molecule has 1 heterocycles. The van der Waals surface area contributed by atoms with Crippen molar-refractivity contribution in [3.05, 3.63) is 53.6 Å². The zero-order valence-corrected chi connectivity index (χ0v) is 13.9. The van der Waals surface area contributed by atoms with Crippen molar-refractivity contribution in [2.45, 2.75) is 20.0 Å². The first-order chi connectivity index (χ1) is 11.5. The molecule has 1 aliphatic rings. The standard InChI is InChI=1S/C19H19NO4/c1-12-7-8-18-16(9-12)20(19(22)13(2)24-18)11-17(21)14-5-4-6-15(10-14)23-3/h4-10,13H,11H2,1-3H3/t13-/m0/s1. The number of hydrogen-bond donors (Lipinski definition) is 0. The number of ether oxygens (including phenoxy) is 2. The molecule has 5 nitrogen and oxygen atoms in total. The maximum absolute atomic E-state index is 12.6. The summed E-state index contributed by atoms with van der Waals surface area (Å²) in [6, 6.07) is 12.5. The van der Waals surface area contributed by atoms with Gasteiger partial charge in [-0.1, -0.05) is 18.2 Å². The molecular formula is C19H19NO4. The number of amides is 1. The number of fused-ring (bicyclic) bond motifs is 1. The number of carbonyl (C=O) groups is 2. The Morgan fingerprint density at radius 1 is 1.25 bits per heavy atom. The predicted molar refractivity (Wildman–Crippen MR) is 90.9 cm³/mol. The van der Waals surface area contributed by atoms with E-state index in [2.05, 4.69) is 0 Å². The van der Waals surface area contributed by atoms with E-state index < -0.39 is 6.10 Å². The Morgan fingerprint density at radius 2 is 2.04 bits per heavy atom. The fraction of sp³-hybridized carbons (Fsp3) is 0.263. The Kier molecular flexibility index (Phi) is 4.25. The molecule has 0 bridgehead atoms. The van der Waals surface area contributed by atoms with Crippen molar-refractivity contribution in [1.29, 1.82) is 0 Å². The van der Waals surface area contributed by atoms with Crippen molar-refractivity contribution in [3.63, 3.8) is 0 Å². The molecule has 24 heavy (non-hydrogen) atoms. The fourth-order valence-electron chi connectivity index (χ4n) is 2.71. The van der Waals surface area contributed by atoms with Crippen molar-refractivity contribution in [2.75, 3.05) is 18.6 Å². The summed E-state index contributed by atoms with van der Waals surface area (Å²) in [6.07, 6.45) is -0.613. The molecule has 0 radical (unpaired) electrons. The monoisotopic (exact) mass is 325 g/mol. The van der Waals surface area contributed by atoms with Gasteiger partial charge < -0.3 is 9.47 Å². The molecule has 1 atom stereocenters. The summed E-state index contributed by atoms with van der Waals surface area (Å²) in [6.45, 7) is 3.59. The highest BCUT2D eigenvalue weighted by atomic mass is 16.5. The molecule has 0 saturated carbocycles. The molecule has 0 aromatic heterocycles. The lowest BCUT2D eigenvalue weighted by Crippen LogP contribution is -2.46. The lowest BCUT2D eigenvalue weighted by molar-refractivity contribution is -0.125. The molecular weight excluding hydrogens is 306 g/mol. The van der Waals surface area contributed by atoms with Gasteiger partial charge in [-0.3, -0.25) is 14.5 Å². The molecule has 0 aliphatic carbocycles. The second kappa shape index (κ2) is 6.35. The van der Waals surface area contributed by atoms with Crippen molar-refractivity contribution in [3.8, 4) is 11.5 Å². The van der Waals surface area contributed by atoms with Gasteiger partial charge in [0.2, 0.25) is 0 Å². The highest BCUT2D eigenvalue weighted by Gasteiger charge is 2.32. The van der Waals surface area contributed by atoms with Gasteiger partial charge in [-0.05, 0) is 43.7 Å². The highest BCUT2D eigenvalue weighted by Crippen LogP contribution is 2.34. The van der Waals surface area contributed by atoms with Crippen LogP contribution in [0.1, 0.15) is 22.8 Å². The summed E-state index contributed by atoms with van der Waals surface area (Å²) in [5, 5.41) is 0. The largest absolute Gasteiger partial charge is 0.497 e. The fourth-order valence-corrected chi connectivity index (χ4v) is 2.71. The zero-order chi connectivity index (χ0) is 17.3. The van der Waals surface area contributed by atoms with Gasteiger partial charge in [0, 0.05) is 5.56 Å². The second-order valence-electron chi connectivity index (χ2n) is 5.81. The highest BCUT2D eigenvalue weighted by molar-refractivity contribution is 6.08. The normalized spacial score (nSPS) is 16.4. The molecule has 1 aliphatic heterocycles. The summed E-state index contributed by atoms with van der Waals surface area (Å²) in [5.41, 5.74) is 2.14. The second-order valence-corrected chi connectivity index (χ2v) is 5.81. The van der Waals surface area contributed by atoms with Crippen LogP contribution in [-0.2, 0) is 4.79 Å². The lowest BCUT2D eigenvalue weighted by Gasteiger charge is -2.32. The number of methoxy groups -OCH3 is 1. The number of ketones is 1. The van der Waals surface area contributed by atoms with E-state index in [-0.39, 0.29) is 18.2 Å². The van der Waals surface area contributed by atoms with Gasteiger partial charge in [0.15, 0.2) is 11.9 Å². The summed E-state index contributed by atoms with van der Waals surface area (Å²) >= 11 is 0. The zero-order valence-electron chi connectivity index (χ0n) is 13.9. The first-order valence-electron chi connectivity index (χ1n) is 7.75. The van der Waals surface area contributed by atoms with E-state index in [4.69, 9.17) is 9.47 Å². The Balaban J connectivity index is 1.92. The number of Topliss-reactive ketones (excluding diaryl/α,β-unsaturated/α-hetero) is 1. The molecule has 0 N–H and O–H groups in total. The van der Waals surface area contributed by atoms with Gasteiger partial charge in [0.05, 0.1) is 19.3 Å². The van der Waals surface area contributed by atoms with Crippen LogP contribution in [0.5, 0.6) is 11.5 Å². The summed E-state index contributed by atoms with van der Waals surface area (Å²) in [7, 11) is 1.55. The van der Waals surface area contributed by atoms with E-state index in [1.54, 1.807) is 38.3 Å². The van der Waals surface area contributed by atoms with Crippen LogP contribution in [0.3, 0.4) is 0 Å². The molecule has 124 valence electrons. The average molecular weight is 325 g/mol. The van der Waals surface area contributed by atoms with Crippen LogP contribution in [0.4, 0.5) is 5.69 Å². The van der Waals surface area contributed by atoms with Gasteiger partial charge in [0.25, 0.3) is 5.91 Å². The minimum Gasteiger partial charge on any atom is -0.497 e. The molecule has 3 rings (SSSR count). The Bertz CT molecular complexity index is 800. The van der Waals surface area contributed by atoms with E-state index in [0.29, 0.717) is 22.7 Å².